The third-order valence-corrected chi connectivity index (χ3v) is 4.65. The van der Waals surface area contributed by atoms with E-state index in [4.69, 9.17) is 4.52 Å². The Morgan fingerprint density at radius 1 is 1.36 bits per heavy atom. The maximum Gasteiger partial charge on any atom is 0.270 e. The fourth-order valence-electron chi connectivity index (χ4n) is 2.02. The quantitative estimate of drug-likeness (QED) is 0.638. The van der Waals surface area contributed by atoms with Crippen LogP contribution < -0.4 is 4.72 Å². The Labute approximate surface area is 127 Å². The van der Waals surface area contributed by atoms with Crippen LogP contribution in [0.3, 0.4) is 0 Å². The molecule has 0 bridgehead atoms. The van der Waals surface area contributed by atoms with Crippen LogP contribution in [-0.2, 0) is 16.4 Å². The predicted molar refractivity (Wildman–Crippen MR) is 78.0 cm³/mol. The Hall–Kier alpha value is -2.26. The van der Waals surface area contributed by atoms with Crippen LogP contribution in [0.2, 0.25) is 0 Å². The van der Waals surface area contributed by atoms with Gasteiger partial charge in [0.25, 0.3) is 5.69 Å². The molecule has 0 amide bonds. The molecule has 0 radical (unpaired) electrons. The zero-order valence-corrected chi connectivity index (χ0v) is 12.9. The summed E-state index contributed by atoms with van der Waals surface area (Å²) in [5.41, 5.74) is 1.29. The van der Waals surface area contributed by atoms with E-state index in [-0.39, 0.29) is 17.1 Å². The van der Waals surface area contributed by atoms with E-state index in [1.165, 1.54) is 18.2 Å². The van der Waals surface area contributed by atoms with Crippen molar-refractivity contribution in [1.82, 2.24) is 9.88 Å². The first-order valence-electron chi connectivity index (χ1n) is 6.47. The molecule has 0 unspecified atom stereocenters. The van der Waals surface area contributed by atoms with E-state index in [0.29, 0.717) is 17.9 Å². The van der Waals surface area contributed by atoms with Crippen LogP contribution in [0.4, 0.5) is 5.69 Å². The average molecular weight is 325 g/mol. The van der Waals surface area contributed by atoms with Crippen LogP contribution in [0.15, 0.2) is 33.7 Å². The second-order valence-electron chi connectivity index (χ2n) is 4.70. The van der Waals surface area contributed by atoms with Crippen molar-refractivity contribution >= 4 is 15.7 Å². The molecule has 118 valence electrons. The average Bonchev–Trinajstić information content (AvgIpc) is 2.79. The van der Waals surface area contributed by atoms with Gasteiger partial charge in [-0.15, -0.1) is 0 Å². The fraction of sp³-hybridized carbons (Fsp3) is 0.308. The lowest BCUT2D eigenvalue weighted by Crippen LogP contribution is -2.26. The highest BCUT2D eigenvalue weighted by Gasteiger charge is 2.18. The molecule has 1 aromatic heterocycles. The highest BCUT2D eigenvalue weighted by atomic mass is 32.2. The Morgan fingerprint density at radius 2 is 2.09 bits per heavy atom. The Kier molecular flexibility index (Phi) is 4.57. The Bertz CT molecular complexity index is 778. The van der Waals surface area contributed by atoms with E-state index in [2.05, 4.69) is 9.88 Å². The smallest absolute Gasteiger partial charge is 0.270 e. The summed E-state index contributed by atoms with van der Waals surface area (Å²) < 4.78 is 31.7. The lowest BCUT2D eigenvalue weighted by molar-refractivity contribution is -0.385. The first-order chi connectivity index (χ1) is 10.3. The molecule has 1 aromatic carbocycles. The third kappa shape index (κ3) is 3.49. The lowest BCUT2D eigenvalue weighted by Gasteiger charge is -2.06. The van der Waals surface area contributed by atoms with Gasteiger partial charge in [-0.05, 0) is 26.3 Å². The predicted octanol–water partition coefficient (Wildman–Crippen LogP) is 1.72. The summed E-state index contributed by atoms with van der Waals surface area (Å²) in [5.74, 6) is 0.645. The van der Waals surface area contributed by atoms with Crippen molar-refractivity contribution in [2.75, 3.05) is 6.54 Å². The van der Waals surface area contributed by atoms with Crippen molar-refractivity contribution in [3.8, 4) is 0 Å². The maximum absolute atomic E-state index is 12.1. The molecule has 1 N–H and O–H groups in total. The SMILES string of the molecule is Cc1noc(C)c1CCNS(=O)(=O)c1cccc([N+](=O)[O-])c1. The van der Waals surface area contributed by atoms with Crippen molar-refractivity contribution in [2.45, 2.75) is 25.2 Å². The van der Waals surface area contributed by atoms with E-state index in [1.807, 2.05) is 0 Å². The second-order valence-corrected chi connectivity index (χ2v) is 6.47. The molecule has 2 rings (SSSR count). The molecule has 0 atom stereocenters. The molecule has 0 fully saturated rings. The van der Waals surface area contributed by atoms with Crippen LogP contribution >= 0.6 is 0 Å². The Balaban J connectivity index is 2.08. The highest BCUT2D eigenvalue weighted by Crippen LogP contribution is 2.17. The molecule has 9 heteroatoms. The zero-order chi connectivity index (χ0) is 16.3. The van der Waals surface area contributed by atoms with Crippen LogP contribution in [0.1, 0.15) is 17.0 Å². The van der Waals surface area contributed by atoms with Crippen molar-refractivity contribution in [1.29, 1.82) is 0 Å². The number of hydrogen-bond acceptors (Lipinski definition) is 6. The van der Waals surface area contributed by atoms with E-state index in [9.17, 15) is 18.5 Å². The first-order valence-corrected chi connectivity index (χ1v) is 7.95. The number of sulfonamides is 1. The van der Waals surface area contributed by atoms with E-state index >= 15 is 0 Å². The second kappa shape index (κ2) is 6.24. The maximum atomic E-state index is 12.1. The lowest BCUT2D eigenvalue weighted by atomic mass is 10.1. The minimum atomic E-state index is -3.80. The molecule has 2 aromatic rings. The number of nitro groups is 1. The molecule has 0 aliphatic rings. The van der Waals surface area contributed by atoms with Crippen molar-refractivity contribution in [2.24, 2.45) is 0 Å². The molecule has 0 spiro atoms. The van der Waals surface area contributed by atoms with Crippen molar-refractivity contribution in [3.63, 3.8) is 0 Å². The molecule has 22 heavy (non-hydrogen) atoms. The van der Waals surface area contributed by atoms with Crippen LogP contribution in [0.5, 0.6) is 0 Å². The van der Waals surface area contributed by atoms with Gasteiger partial charge in [0.05, 0.1) is 15.5 Å². The number of hydrogen-bond donors (Lipinski definition) is 1. The molecule has 0 saturated carbocycles. The molecule has 8 nitrogen and oxygen atoms in total. The number of benzene rings is 1. The summed E-state index contributed by atoms with van der Waals surface area (Å²) in [7, 11) is -3.80. The monoisotopic (exact) mass is 325 g/mol. The number of rotatable bonds is 6. The number of aromatic nitrogens is 1. The van der Waals surface area contributed by atoms with E-state index in [1.54, 1.807) is 13.8 Å². The molecule has 1 heterocycles. The number of nitrogens with zero attached hydrogens (tertiary/aromatic N) is 2. The van der Waals surface area contributed by atoms with E-state index < -0.39 is 14.9 Å². The summed E-state index contributed by atoms with van der Waals surface area (Å²) in [5, 5.41) is 14.5. The normalized spacial score (nSPS) is 11.5. The molecular weight excluding hydrogens is 310 g/mol. The van der Waals surface area contributed by atoms with Gasteiger partial charge in [0.15, 0.2) is 0 Å². The summed E-state index contributed by atoms with van der Waals surface area (Å²) in [6, 6.07) is 4.91. The summed E-state index contributed by atoms with van der Waals surface area (Å²) in [6.07, 6.45) is 0.426. The van der Waals surface area contributed by atoms with E-state index in [0.717, 1.165) is 11.6 Å². The van der Waals surface area contributed by atoms with Gasteiger partial charge in [0, 0.05) is 24.2 Å². The van der Waals surface area contributed by atoms with Crippen LogP contribution in [-0.4, -0.2) is 25.0 Å². The van der Waals surface area contributed by atoms with Gasteiger partial charge in [0.2, 0.25) is 10.0 Å². The van der Waals surface area contributed by atoms with Gasteiger partial charge >= 0.3 is 0 Å². The topological polar surface area (TPSA) is 115 Å². The van der Waals surface area contributed by atoms with Gasteiger partial charge in [-0.25, -0.2) is 13.1 Å². The van der Waals surface area contributed by atoms with Gasteiger partial charge in [-0.3, -0.25) is 10.1 Å². The molecule has 0 aliphatic heterocycles. The van der Waals surface area contributed by atoms with Crippen LogP contribution in [0, 0.1) is 24.0 Å². The van der Waals surface area contributed by atoms with Crippen LogP contribution in [0.25, 0.3) is 0 Å². The summed E-state index contributed by atoms with van der Waals surface area (Å²) >= 11 is 0. The summed E-state index contributed by atoms with van der Waals surface area (Å²) in [6.45, 7) is 3.68. The molecular formula is C13H15N3O5S. The van der Waals surface area contributed by atoms with Gasteiger partial charge in [-0.2, -0.15) is 0 Å². The summed E-state index contributed by atoms with van der Waals surface area (Å²) in [4.78, 5) is 9.92. The zero-order valence-electron chi connectivity index (χ0n) is 12.1. The standard InChI is InChI=1S/C13H15N3O5S/c1-9-13(10(2)21-15-9)6-7-14-22(19,20)12-5-3-4-11(8-12)16(17)18/h3-5,8,14H,6-7H2,1-2H3. The Morgan fingerprint density at radius 3 is 2.68 bits per heavy atom. The number of nitro benzene ring substituents is 1. The molecule has 0 saturated heterocycles. The van der Waals surface area contributed by atoms with Gasteiger partial charge < -0.3 is 4.52 Å². The van der Waals surface area contributed by atoms with Gasteiger partial charge in [-0.1, -0.05) is 11.2 Å². The number of nitrogens with one attached hydrogen (secondary N) is 1. The van der Waals surface area contributed by atoms with Gasteiger partial charge in [0.1, 0.15) is 5.76 Å². The minimum absolute atomic E-state index is 0.138. The fourth-order valence-corrected chi connectivity index (χ4v) is 3.09. The van der Waals surface area contributed by atoms with Crippen molar-refractivity contribution in [3.05, 3.63) is 51.4 Å². The largest absolute Gasteiger partial charge is 0.361 e. The first kappa shape index (κ1) is 16.1. The third-order valence-electron chi connectivity index (χ3n) is 3.19. The number of aryl methyl sites for hydroxylation is 2. The highest BCUT2D eigenvalue weighted by molar-refractivity contribution is 7.89. The van der Waals surface area contributed by atoms with Crippen molar-refractivity contribution < 1.29 is 17.9 Å². The minimum Gasteiger partial charge on any atom is -0.361 e. The molecule has 0 aliphatic carbocycles. The number of non-ortho nitro benzene ring substituents is 1.